The van der Waals surface area contributed by atoms with Crippen LogP contribution in [0.4, 0.5) is 0 Å². The number of fused-ring (bicyclic) bond motifs is 1. The minimum Gasteiger partial charge on any atom is -0.460 e. The zero-order valence-corrected chi connectivity index (χ0v) is 15.1. The third-order valence-electron chi connectivity index (χ3n) is 3.34. The number of rotatable bonds is 5. The Morgan fingerprint density at radius 3 is 3.00 bits per heavy atom. The number of imidazole rings is 1. The number of aromatic nitrogens is 2. The number of halogens is 1. The van der Waals surface area contributed by atoms with Gasteiger partial charge in [0.05, 0.1) is 6.61 Å². The van der Waals surface area contributed by atoms with Gasteiger partial charge in [0.1, 0.15) is 5.58 Å². The topological polar surface area (TPSA) is 57.3 Å². The van der Waals surface area contributed by atoms with Gasteiger partial charge in [0.2, 0.25) is 5.76 Å². The van der Waals surface area contributed by atoms with Crippen LogP contribution >= 0.6 is 27.7 Å². The Bertz CT molecular complexity index is 856. The highest BCUT2D eigenvalue weighted by Crippen LogP contribution is 2.33. The van der Waals surface area contributed by atoms with E-state index in [1.54, 1.807) is 24.9 Å². The number of carbonyl (C=O) groups excluding carboxylic acids is 1. The molecule has 0 N–H and O–H groups in total. The van der Waals surface area contributed by atoms with Crippen molar-refractivity contribution in [3.63, 3.8) is 0 Å². The van der Waals surface area contributed by atoms with Crippen molar-refractivity contribution < 1.29 is 13.9 Å². The molecule has 0 unspecified atom stereocenters. The molecule has 23 heavy (non-hydrogen) atoms. The lowest BCUT2D eigenvalue weighted by molar-refractivity contribution is 0.0491. The van der Waals surface area contributed by atoms with Gasteiger partial charge in [0.25, 0.3) is 0 Å². The Morgan fingerprint density at radius 1 is 1.48 bits per heavy atom. The van der Waals surface area contributed by atoms with Gasteiger partial charge in [0.15, 0.2) is 5.16 Å². The normalized spacial score (nSPS) is 11.1. The minimum absolute atomic E-state index is 0.265. The molecule has 0 atom stereocenters. The first-order valence-corrected chi connectivity index (χ1v) is 8.86. The van der Waals surface area contributed by atoms with Crippen LogP contribution < -0.4 is 0 Å². The monoisotopic (exact) mass is 394 g/mol. The van der Waals surface area contributed by atoms with E-state index in [1.165, 1.54) is 0 Å². The molecule has 0 aliphatic carbocycles. The highest BCUT2D eigenvalue weighted by atomic mass is 79.9. The van der Waals surface area contributed by atoms with Gasteiger partial charge in [-0.3, -0.25) is 0 Å². The summed E-state index contributed by atoms with van der Waals surface area (Å²) in [5, 5.41) is 1.79. The molecule has 0 bridgehead atoms. The number of hydrogen-bond donors (Lipinski definition) is 0. The number of carbonyl (C=O) groups is 1. The van der Waals surface area contributed by atoms with Crippen LogP contribution in [0.2, 0.25) is 0 Å². The van der Waals surface area contributed by atoms with Gasteiger partial charge >= 0.3 is 5.97 Å². The standard InChI is InChI=1S/C16H15BrN2O3S/c1-3-21-15(20)14-12(9-23-16-18-6-7-19(16)2)11-8-10(17)4-5-13(11)22-14/h4-8H,3,9H2,1-2H3. The van der Waals surface area contributed by atoms with Crippen molar-refractivity contribution in [3.8, 4) is 0 Å². The molecule has 0 saturated heterocycles. The molecule has 5 nitrogen and oxygen atoms in total. The van der Waals surface area contributed by atoms with Crippen LogP contribution in [0.25, 0.3) is 11.0 Å². The van der Waals surface area contributed by atoms with Gasteiger partial charge in [-0.05, 0) is 25.1 Å². The average molecular weight is 395 g/mol. The van der Waals surface area contributed by atoms with E-state index in [0.29, 0.717) is 17.9 Å². The summed E-state index contributed by atoms with van der Waals surface area (Å²) in [5.41, 5.74) is 1.50. The van der Waals surface area contributed by atoms with E-state index in [9.17, 15) is 4.79 Å². The summed E-state index contributed by atoms with van der Waals surface area (Å²) in [6, 6.07) is 5.68. The van der Waals surface area contributed by atoms with Crippen molar-refractivity contribution >= 4 is 44.6 Å². The van der Waals surface area contributed by atoms with E-state index in [4.69, 9.17) is 9.15 Å². The van der Waals surface area contributed by atoms with Gasteiger partial charge in [-0.1, -0.05) is 27.7 Å². The van der Waals surface area contributed by atoms with Crippen LogP contribution in [0, 0.1) is 0 Å². The number of aryl methyl sites for hydroxylation is 1. The maximum absolute atomic E-state index is 12.2. The highest BCUT2D eigenvalue weighted by Gasteiger charge is 2.22. The highest BCUT2D eigenvalue weighted by molar-refractivity contribution is 9.10. The quantitative estimate of drug-likeness (QED) is 0.474. The van der Waals surface area contributed by atoms with Gasteiger partial charge in [-0.15, -0.1) is 0 Å². The number of nitrogens with zero attached hydrogens (tertiary/aromatic N) is 2. The minimum atomic E-state index is -0.435. The van der Waals surface area contributed by atoms with Crippen molar-refractivity contribution in [2.45, 2.75) is 17.8 Å². The van der Waals surface area contributed by atoms with Crippen LogP contribution in [0.15, 0.2) is 44.6 Å². The molecule has 0 radical (unpaired) electrons. The maximum Gasteiger partial charge on any atom is 0.374 e. The zero-order chi connectivity index (χ0) is 16.4. The van der Waals surface area contributed by atoms with Gasteiger partial charge < -0.3 is 13.7 Å². The third-order valence-corrected chi connectivity index (χ3v) is 4.91. The van der Waals surface area contributed by atoms with Crippen LogP contribution in [-0.4, -0.2) is 22.1 Å². The fraction of sp³-hybridized carbons (Fsp3) is 0.250. The Labute approximate surface area is 146 Å². The fourth-order valence-corrected chi connectivity index (χ4v) is 3.57. The molecule has 7 heteroatoms. The van der Waals surface area contributed by atoms with E-state index in [1.807, 2.05) is 36.0 Å². The molecule has 1 aromatic carbocycles. The predicted molar refractivity (Wildman–Crippen MR) is 92.6 cm³/mol. The first-order valence-electron chi connectivity index (χ1n) is 7.08. The van der Waals surface area contributed by atoms with Crippen molar-refractivity contribution in [3.05, 3.63) is 46.4 Å². The molecular formula is C16H15BrN2O3S. The first kappa shape index (κ1) is 16.1. The Hall–Kier alpha value is -1.73. The summed E-state index contributed by atoms with van der Waals surface area (Å²) >= 11 is 5.01. The number of esters is 1. The second-order valence-corrected chi connectivity index (χ2v) is 6.74. The lowest BCUT2D eigenvalue weighted by Gasteiger charge is -2.04. The van der Waals surface area contributed by atoms with E-state index in [2.05, 4.69) is 20.9 Å². The number of benzene rings is 1. The van der Waals surface area contributed by atoms with Gasteiger partial charge in [0, 0.05) is 40.6 Å². The zero-order valence-electron chi connectivity index (χ0n) is 12.7. The van der Waals surface area contributed by atoms with Crippen LogP contribution in [0.5, 0.6) is 0 Å². The van der Waals surface area contributed by atoms with Crippen LogP contribution in [-0.2, 0) is 17.5 Å². The third kappa shape index (κ3) is 3.30. The first-order chi connectivity index (χ1) is 11.1. The smallest absolute Gasteiger partial charge is 0.374 e. The van der Waals surface area contributed by atoms with Gasteiger partial charge in [-0.2, -0.15) is 0 Å². The molecule has 0 saturated carbocycles. The van der Waals surface area contributed by atoms with E-state index in [-0.39, 0.29) is 5.76 Å². The lowest BCUT2D eigenvalue weighted by Crippen LogP contribution is -2.05. The van der Waals surface area contributed by atoms with E-state index >= 15 is 0 Å². The summed E-state index contributed by atoms with van der Waals surface area (Å²) in [7, 11) is 1.94. The van der Waals surface area contributed by atoms with Crippen molar-refractivity contribution in [2.75, 3.05) is 6.61 Å². The van der Waals surface area contributed by atoms with E-state index < -0.39 is 5.97 Å². The molecule has 2 heterocycles. The van der Waals surface area contributed by atoms with Crippen molar-refractivity contribution in [2.24, 2.45) is 7.05 Å². The summed E-state index contributed by atoms with van der Waals surface area (Å²) < 4.78 is 13.7. The molecule has 0 aliphatic rings. The Morgan fingerprint density at radius 2 is 2.30 bits per heavy atom. The number of ether oxygens (including phenoxy) is 1. The summed E-state index contributed by atoms with van der Waals surface area (Å²) in [6.45, 7) is 2.09. The summed E-state index contributed by atoms with van der Waals surface area (Å²) in [4.78, 5) is 16.5. The SMILES string of the molecule is CCOC(=O)c1oc2ccc(Br)cc2c1CSc1nccn1C. The molecule has 2 aromatic heterocycles. The molecule has 120 valence electrons. The Balaban J connectivity index is 2.00. The number of hydrogen-bond acceptors (Lipinski definition) is 5. The number of furan rings is 1. The lowest BCUT2D eigenvalue weighted by atomic mass is 10.1. The molecule has 0 amide bonds. The van der Waals surface area contributed by atoms with Crippen molar-refractivity contribution in [1.82, 2.24) is 9.55 Å². The molecule has 3 rings (SSSR count). The maximum atomic E-state index is 12.2. The second kappa shape index (κ2) is 6.80. The fourth-order valence-electron chi connectivity index (χ4n) is 2.25. The van der Waals surface area contributed by atoms with Gasteiger partial charge in [-0.25, -0.2) is 9.78 Å². The van der Waals surface area contributed by atoms with Crippen LogP contribution in [0.3, 0.4) is 0 Å². The Kier molecular flexibility index (Phi) is 4.77. The average Bonchev–Trinajstić information content (AvgIpc) is 3.09. The number of thioether (sulfide) groups is 1. The largest absolute Gasteiger partial charge is 0.460 e. The summed E-state index contributed by atoms with van der Waals surface area (Å²) in [5.74, 6) is 0.402. The van der Waals surface area contributed by atoms with Crippen molar-refractivity contribution in [1.29, 1.82) is 0 Å². The van der Waals surface area contributed by atoms with Crippen LogP contribution in [0.1, 0.15) is 23.0 Å². The van der Waals surface area contributed by atoms with E-state index in [0.717, 1.165) is 20.6 Å². The molecule has 0 fully saturated rings. The molecular weight excluding hydrogens is 380 g/mol. The molecule has 0 aliphatic heterocycles. The molecule has 3 aromatic rings. The second-order valence-electron chi connectivity index (χ2n) is 4.88. The predicted octanol–water partition coefficient (Wildman–Crippen LogP) is 4.40. The molecule has 0 spiro atoms. The summed E-state index contributed by atoms with van der Waals surface area (Å²) in [6.07, 6.45) is 3.64.